The van der Waals surface area contributed by atoms with Gasteiger partial charge in [0.2, 0.25) is 5.78 Å². The molecule has 1 aromatic heterocycles. The number of aliphatic hydroxyl groups is 1. The van der Waals surface area contributed by atoms with Gasteiger partial charge in [0.05, 0.1) is 12.6 Å². The van der Waals surface area contributed by atoms with Crippen LogP contribution < -0.4 is 14.2 Å². The number of ketones is 1. The van der Waals surface area contributed by atoms with Gasteiger partial charge in [0.1, 0.15) is 12.4 Å². The van der Waals surface area contributed by atoms with E-state index in [1.54, 1.807) is 0 Å². The van der Waals surface area contributed by atoms with Crippen molar-refractivity contribution in [1.29, 1.82) is 0 Å². The maximum atomic E-state index is 13.0. The van der Waals surface area contributed by atoms with Crippen molar-refractivity contribution in [1.82, 2.24) is 4.57 Å². The van der Waals surface area contributed by atoms with Crippen molar-refractivity contribution >= 4 is 5.78 Å². The molecule has 1 aliphatic heterocycles. The van der Waals surface area contributed by atoms with E-state index in [0.29, 0.717) is 24.5 Å². The first-order valence-corrected chi connectivity index (χ1v) is 11.5. The number of aryl methyl sites for hydroxylation is 1. The molecule has 33 heavy (non-hydrogen) atoms. The number of aromatic nitrogens is 1. The van der Waals surface area contributed by atoms with Gasteiger partial charge in [-0.2, -0.15) is 0 Å². The topological polar surface area (TPSA) is 69.9 Å². The van der Waals surface area contributed by atoms with E-state index in [9.17, 15) is 9.90 Å². The molecule has 0 unspecified atom stereocenters. The fourth-order valence-corrected chi connectivity index (χ4v) is 4.87. The zero-order valence-electron chi connectivity index (χ0n) is 19.0. The Hall–Kier alpha value is -3.25. The highest BCUT2D eigenvalue weighted by atomic mass is 16.6. The quantitative estimate of drug-likeness (QED) is 0.561. The Morgan fingerprint density at radius 2 is 1.97 bits per heavy atom. The van der Waals surface area contributed by atoms with Gasteiger partial charge in [0.15, 0.2) is 24.2 Å². The summed E-state index contributed by atoms with van der Waals surface area (Å²) in [5.41, 5.74) is 4.49. The van der Waals surface area contributed by atoms with Crippen LogP contribution in [-0.4, -0.2) is 34.8 Å². The van der Waals surface area contributed by atoms with Crippen LogP contribution in [0.3, 0.4) is 0 Å². The van der Waals surface area contributed by atoms with Crippen molar-refractivity contribution < 1.29 is 24.1 Å². The first-order valence-electron chi connectivity index (χ1n) is 11.5. The number of para-hydroxylation sites is 2. The van der Waals surface area contributed by atoms with E-state index in [0.717, 1.165) is 53.3 Å². The van der Waals surface area contributed by atoms with Gasteiger partial charge in [-0.05, 0) is 68.5 Å². The van der Waals surface area contributed by atoms with Gasteiger partial charge >= 0.3 is 0 Å². The maximum Gasteiger partial charge on any atom is 0.202 e. The summed E-state index contributed by atoms with van der Waals surface area (Å²) in [6, 6.07) is 15.3. The number of nitrogens with zero attached hydrogens (tertiary/aromatic N) is 1. The highest BCUT2D eigenvalue weighted by Gasteiger charge is 2.25. The van der Waals surface area contributed by atoms with Gasteiger partial charge in [0.25, 0.3) is 0 Å². The van der Waals surface area contributed by atoms with Crippen LogP contribution in [-0.2, 0) is 13.0 Å². The summed E-state index contributed by atoms with van der Waals surface area (Å²) in [7, 11) is 0. The number of fused-ring (bicyclic) bond motifs is 2. The van der Waals surface area contributed by atoms with Crippen LogP contribution in [0, 0.1) is 13.8 Å². The van der Waals surface area contributed by atoms with Crippen molar-refractivity contribution in [3.05, 3.63) is 76.6 Å². The van der Waals surface area contributed by atoms with Crippen LogP contribution in [0.15, 0.2) is 48.5 Å². The molecule has 172 valence electrons. The van der Waals surface area contributed by atoms with E-state index in [-0.39, 0.29) is 18.5 Å². The van der Waals surface area contributed by atoms with Crippen LogP contribution in [0.1, 0.15) is 51.8 Å². The third-order valence-corrected chi connectivity index (χ3v) is 6.62. The molecule has 0 bridgehead atoms. The number of hydrogen-bond donors (Lipinski definition) is 1. The second-order valence-corrected chi connectivity index (χ2v) is 8.84. The lowest BCUT2D eigenvalue weighted by atomic mass is 9.89. The normalized spacial score (nSPS) is 19.1. The lowest BCUT2D eigenvalue weighted by Gasteiger charge is -2.27. The van der Waals surface area contributed by atoms with Gasteiger partial charge in [0, 0.05) is 17.0 Å². The van der Waals surface area contributed by atoms with E-state index < -0.39 is 6.10 Å². The summed E-state index contributed by atoms with van der Waals surface area (Å²) >= 11 is 0. The molecular formula is C27H29NO5. The molecule has 0 fully saturated rings. The fourth-order valence-electron chi connectivity index (χ4n) is 4.87. The van der Waals surface area contributed by atoms with Gasteiger partial charge in [-0.25, -0.2) is 0 Å². The average Bonchev–Trinajstić information content (AvgIpc) is 3.11. The number of rotatable bonds is 6. The number of carbonyl (C=O) groups is 1. The summed E-state index contributed by atoms with van der Waals surface area (Å²) in [5.74, 6) is 2.14. The van der Waals surface area contributed by atoms with Crippen LogP contribution in [0.5, 0.6) is 17.2 Å². The lowest BCUT2D eigenvalue weighted by Crippen LogP contribution is -2.33. The summed E-state index contributed by atoms with van der Waals surface area (Å²) < 4.78 is 20.0. The largest absolute Gasteiger partial charge is 0.486 e. The standard InChI is InChI=1S/C27H29NO5/c1-17-13-22(18(2)28(17)14-19-15-31-26-10-3-4-11-27(26)33-19)24(30)16-32-25-12-6-7-20-21(25)8-5-9-23(20)29/h3-4,6-7,10-13,19,23,29H,5,8-9,14-16H2,1-2H3/t19-,23-/m0/s1. The average molecular weight is 448 g/mol. The minimum atomic E-state index is -0.454. The molecule has 6 nitrogen and oxygen atoms in total. The van der Waals surface area contributed by atoms with Gasteiger partial charge in [-0.15, -0.1) is 0 Å². The van der Waals surface area contributed by atoms with Gasteiger partial charge in [-0.3, -0.25) is 4.79 Å². The minimum absolute atomic E-state index is 0.0345. The third-order valence-electron chi connectivity index (χ3n) is 6.62. The monoisotopic (exact) mass is 447 g/mol. The summed E-state index contributed by atoms with van der Waals surface area (Å²) in [5, 5.41) is 10.3. The third kappa shape index (κ3) is 4.23. The first kappa shape index (κ1) is 21.6. The molecule has 2 heterocycles. The number of hydrogen-bond acceptors (Lipinski definition) is 5. The molecular weight excluding hydrogens is 418 g/mol. The number of benzene rings is 2. The zero-order chi connectivity index (χ0) is 22.9. The fraction of sp³-hybridized carbons (Fsp3) is 0.370. The molecule has 0 spiro atoms. The van der Waals surface area contributed by atoms with E-state index >= 15 is 0 Å². The molecule has 2 aliphatic rings. The van der Waals surface area contributed by atoms with Gasteiger partial charge < -0.3 is 23.9 Å². The van der Waals surface area contributed by atoms with E-state index in [1.165, 1.54) is 0 Å². The van der Waals surface area contributed by atoms with Crippen molar-refractivity contribution in [3.8, 4) is 17.2 Å². The Kier molecular flexibility index (Phi) is 5.85. The number of Topliss-reactive ketones (excluding diaryl/α,β-unsaturated/α-hetero) is 1. The maximum absolute atomic E-state index is 13.0. The zero-order valence-corrected chi connectivity index (χ0v) is 19.0. The number of carbonyl (C=O) groups excluding carboxylic acids is 1. The van der Waals surface area contributed by atoms with Gasteiger partial charge in [-0.1, -0.05) is 24.3 Å². The molecule has 0 radical (unpaired) electrons. The van der Waals surface area contributed by atoms with Crippen LogP contribution in [0.4, 0.5) is 0 Å². The molecule has 2 aromatic carbocycles. The van der Waals surface area contributed by atoms with Crippen molar-refractivity contribution in [2.45, 2.75) is 51.9 Å². The molecule has 0 saturated carbocycles. The smallest absolute Gasteiger partial charge is 0.202 e. The Morgan fingerprint density at radius 3 is 2.82 bits per heavy atom. The molecule has 5 rings (SSSR count). The Balaban J connectivity index is 1.28. The Bertz CT molecular complexity index is 1180. The predicted molar refractivity (Wildman–Crippen MR) is 124 cm³/mol. The van der Waals surface area contributed by atoms with E-state index in [4.69, 9.17) is 14.2 Å². The highest BCUT2D eigenvalue weighted by molar-refractivity contribution is 5.98. The van der Waals surface area contributed by atoms with Crippen LogP contribution in [0.25, 0.3) is 0 Å². The Labute approximate surface area is 193 Å². The molecule has 3 aromatic rings. The summed E-state index contributed by atoms with van der Waals surface area (Å²) in [6.07, 6.45) is 1.96. The Morgan fingerprint density at radius 1 is 1.15 bits per heavy atom. The predicted octanol–water partition coefficient (Wildman–Crippen LogP) is 4.58. The SMILES string of the molecule is Cc1cc(C(=O)COc2cccc3c2CCC[C@@H]3O)c(C)n1C[C@H]1COc2ccccc2O1. The van der Waals surface area contributed by atoms with Crippen molar-refractivity contribution in [2.75, 3.05) is 13.2 Å². The second-order valence-electron chi connectivity index (χ2n) is 8.84. The van der Waals surface area contributed by atoms with E-state index in [1.807, 2.05) is 62.4 Å². The molecule has 2 atom stereocenters. The molecule has 0 amide bonds. The summed E-state index contributed by atoms with van der Waals surface area (Å²) in [6.45, 7) is 4.98. The van der Waals surface area contributed by atoms with Crippen LogP contribution in [0.2, 0.25) is 0 Å². The summed E-state index contributed by atoms with van der Waals surface area (Å²) in [4.78, 5) is 13.0. The molecule has 6 heteroatoms. The number of aliphatic hydroxyl groups excluding tert-OH is 1. The minimum Gasteiger partial charge on any atom is -0.486 e. The second kappa shape index (κ2) is 8.94. The number of ether oxygens (including phenoxy) is 3. The van der Waals surface area contributed by atoms with Crippen molar-refractivity contribution in [3.63, 3.8) is 0 Å². The molecule has 1 N–H and O–H groups in total. The van der Waals surface area contributed by atoms with Crippen LogP contribution >= 0.6 is 0 Å². The lowest BCUT2D eigenvalue weighted by molar-refractivity contribution is 0.0777. The first-order chi connectivity index (χ1) is 16.0. The highest BCUT2D eigenvalue weighted by Crippen LogP contribution is 2.35. The molecule has 0 saturated heterocycles. The molecule has 1 aliphatic carbocycles. The van der Waals surface area contributed by atoms with E-state index in [2.05, 4.69) is 4.57 Å². The van der Waals surface area contributed by atoms with Crippen molar-refractivity contribution in [2.24, 2.45) is 0 Å².